The highest BCUT2D eigenvalue weighted by Crippen LogP contribution is 2.34. The molecule has 0 radical (unpaired) electrons. The van der Waals surface area contributed by atoms with E-state index in [0.29, 0.717) is 5.69 Å². The number of hydrogen-bond donors (Lipinski definition) is 2. The summed E-state index contributed by atoms with van der Waals surface area (Å²) in [5.41, 5.74) is -0.0519. The van der Waals surface area contributed by atoms with Crippen molar-refractivity contribution in [2.45, 2.75) is 25.4 Å². The Balaban J connectivity index is 1.63. The quantitative estimate of drug-likeness (QED) is 0.768. The van der Waals surface area contributed by atoms with Crippen LogP contribution in [0.25, 0.3) is 0 Å². The third kappa shape index (κ3) is 4.82. The number of alkyl halides is 3. The Morgan fingerprint density at radius 2 is 1.43 bits per heavy atom. The molecule has 1 heterocycles. The minimum absolute atomic E-state index is 0.394. The summed E-state index contributed by atoms with van der Waals surface area (Å²) in [5.74, 6) is -2.21. The Hall–Kier alpha value is -3.03. The zero-order chi connectivity index (χ0) is 20.1. The van der Waals surface area contributed by atoms with E-state index in [9.17, 15) is 22.8 Å². The standard InChI is InChI=1S/C20H20F3N3O2/c21-20(22,23)16-6-2-3-7-17(16)25-19(28)18(27)24-14-8-10-15(11-9-14)26-12-4-1-5-13-26/h2-3,6-11H,1,4-5,12-13H2,(H,24,27)(H,25,28). The van der Waals surface area contributed by atoms with Crippen molar-refractivity contribution in [2.75, 3.05) is 28.6 Å². The molecule has 1 aliphatic heterocycles. The Bertz CT molecular complexity index is 845. The molecule has 2 aromatic rings. The van der Waals surface area contributed by atoms with Gasteiger partial charge in [0.25, 0.3) is 0 Å². The third-order valence-electron chi connectivity index (χ3n) is 4.53. The van der Waals surface area contributed by atoms with Crippen LogP contribution in [0.2, 0.25) is 0 Å². The zero-order valence-corrected chi connectivity index (χ0v) is 15.1. The number of para-hydroxylation sites is 1. The number of rotatable bonds is 3. The lowest BCUT2D eigenvalue weighted by molar-refractivity contribution is -0.137. The summed E-state index contributed by atoms with van der Waals surface area (Å²) in [7, 11) is 0. The molecule has 0 aliphatic carbocycles. The number of nitrogens with zero attached hydrogens (tertiary/aromatic N) is 1. The molecule has 1 aliphatic rings. The third-order valence-corrected chi connectivity index (χ3v) is 4.53. The van der Waals surface area contributed by atoms with Gasteiger partial charge in [-0.05, 0) is 55.7 Å². The van der Waals surface area contributed by atoms with Gasteiger partial charge in [0.1, 0.15) is 0 Å². The van der Waals surface area contributed by atoms with Crippen LogP contribution in [0.5, 0.6) is 0 Å². The second-order valence-electron chi connectivity index (χ2n) is 6.55. The molecule has 148 valence electrons. The normalized spacial score (nSPS) is 14.5. The number of carbonyl (C=O) groups excluding carboxylic acids is 2. The van der Waals surface area contributed by atoms with E-state index in [1.54, 1.807) is 12.1 Å². The van der Waals surface area contributed by atoms with E-state index in [0.717, 1.165) is 43.8 Å². The minimum atomic E-state index is -4.63. The van der Waals surface area contributed by atoms with Gasteiger partial charge in [0.2, 0.25) is 0 Å². The minimum Gasteiger partial charge on any atom is -0.372 e. The fourth-order valence-corrected chi connectivity index (χ4v) is 3.11. The molecule has 1 fully saturated rings. The van der Waals surface area contributed by atoms with Crippen molar-refractivity contribution in [3.63, 3.8) is 0 Å². The first-order valence-corrected chi connectivity index (χ1v) is 8.98. The largest absolute Gasteiger partial charge is 0.418 e. The summed E-state index contributed by atoms with van der Waals surface area (Å²) in [5, 5.41) is 4.42. The molecule has 28 heavy (non-hydrogen) atoms. The number of piperidine rings is 1. The highest BCUT2D eigenvalue weighted by atomic mass is 19.4. The lowest BCUT2D eigenvalue weighted by Crippen LogP contribution is -2.30. The summed E-state index contributed by atoms with van der Waals surface area (Å²) >= 11 is 0. The van der Waals surface area contributed by atoms with Crippen molar-refractivity contribution in [3.05, 3.63) is 54.1 Å². The maximum Gasteiger partial charge on any atom is 0.418 e. The van der Waals surface area contributed by atoms with Crippen LogP contribution in [0.4, 0.5) is 30.2 Å². The smallest absolute Gasteiger partial charge is 0.372 e. The predicted octanol–water partition coefficient (Wildman–Crippen LogP) is 4.27. The second-order valence-corrected chi connectivity index (χ2v) is 6.55. The van der Waals surface area contributed by atoms with Crippen LogP contribution in [0, 0.1) is 0 Å². The summed E-state index contributed by atoms with van der Waals surface area (Å²) in [4.78, 5) is 26.3. The van der Waals surface area contributed by atoms with E-state index < -0.39 is 29.2 Å². The fourth-order valence-electron chi connectivity index (χ4n) is 3.11. The number of benzene rings is 2. The van der Waals surface area contributed by atoms with Crippen molar-refractivity contribution in [3.8, 4) is 0 Å². The lowest BCUT2D eigenvalue weighted by atomic mass is 10.1. The first kappa shape index (κ1) is 19.7. The molecule has 0 bridgehead atoms. The van der Waals surface area contributed by atoms with Gasteiger partial charge in [0, 0.05) is 24.5 Å². The highest BCUT2D eigenvalue weighted by Gasteiger charge is 2.34. The van der Waals surface area contributed by atoms with Gasteiger partial charge in [0.05, 0.1) is 11.3 Å². The van der Waals surface area contributed by atoms with E-state index in [1.807, 2.05) is 17.4 Å². The first-order chi connectivity index (χ1) is 13.3. The average molecular weight is 391 g/mol. The maximum absolute atomic E-state index is 13.0. The van der Waals surface area contributed by atoms with Gasteiger partial charge in [-0.25, -0.2) is 0 Å². The number of anilines is 3. The molecule has 8 heteroatoms. The monoisotopic (exact) mass is 391 g/mol. The summed E-state index contributed by atoms with van der Waals surface area (Å²) in [6.07, 6.45) is -1.14. The van der Waals surface area contributed by atoms with E-state index in [1.165, 1.54) is 18.6 Å². The number of hydrogen-bond acceptors (Lipinski definition) is 3. The van der Waals surface area contributed by atoms with E-state index >= 15 is 0 Å². The van der Waals surface area contributed by atoms with Crippen molar-refractivity contribution in [1.82, 2.24) is 0 Å². The van der Waals surface area contributed by atoms with Crippen molar-refractivity contribution >= 4 is 28.9 Å². The number of carbonyl (C=O) groups is 2. The first-order valence-electron chi connectivity index (χ1n) is 8.98. The SMILES string of the molecule is O=C(Nc1ccc(N2CCCCC2)cc1)C(=O)Nc1ccccc1C(F)(F)F. The van der Waals surface area contributed by atoms with Gasteiger partial charge < -0.3 is 15.5 Å². The lowest BCUT2D eigenvalue weighted by Gasteiger charge is -2.28. The van der Waals surface area contributed by atoms with E-state index in [-0.39, 0.29) is 0 Å². The van der Waals surface area contributed by atoms with Gasteiger partial charge >= 0.3 is 18.0 Å². The van der Waals surface area contributed by atoms with Gasteiger partial charge in [-0.1, -0.05) is 12.1 Å². The van der Waals surface area contributed by atoms with Crippen molar-refractivity contribution < 1.29 is 22.8 Å². The Kier molecular flexibility index (Phi) is 5.87. The highest BCUT2D eigenvalue weighted by molar-refractivity contribution is 6.43. The molecule has 0 unspecified atom stereocenters. The topological polar surface area (TPSA) is 61.4 Å². The molecule has 5 nitrogen and oxygen atoms in total. The number of amides is 2. The number of halogens is 3. The van der Waals surface area contributed by atoms with Crippen LogP contribution in [0.1, 0.15) is 24.8 Å². The molecule has 3 rings (SSSR count). The van der Waals surface area contributed by atoms with Crippen LogP contribution in [0.3, 0.4) is 0 Å². The Morgan fingerprint density at radius 3 is 2.07 bits per heavy atom. The summed E-state index contributed by atoms with van der Waals surface area (Å²) in [6, 6.07) is 11.5. The molecule has 0 aromatic heterocycles. The predicted molar refractivity (Wildman–Crippen MR) is 101 cm³/mol. The maximum atomic E-state index is 13.0. The fraction of sp³-hybridized carbons (Fsp3) is 0.300. The molecule has 1 saturated heterocycles. The Morgan fingerprint density at radius 1 is 0.821 bits per heavy atom. The summed E-state index contributed by atoms with van der Waals surface area (Å²) in [6.45, 7) is 1.96. The van der Waals surface area contributed by atoms with Crippen LogP contribution in [0.15, 0.2) is 48.5 Å². The van der Waals surface area contributed by atoms with Crippen LogP contribution in [-0.4, -0.2) is 24.9 Å². The molecule has 2 aromatic carbocycles. The zero-order valence-electron chi connectivity index (χ0n) is 15.1. The summed E-state index contributed by atoms with van der Waals surface area (Å²) < 4.78 is 38.9. The molecule has 0 atom stereocenters. The van der Waals surface area contributed by atoms with E-state index in [4.69, 9.17) is 0 Å². The number of nitrogens with one attached hydrogen (secondary N) is 2. The van der Waals surface area contributed by atoms with Crippen molar-refractivity contribution in [2.24, 2.45) is 0 Å². The van der Waals surface area contributed by atoms with Gasteiger partial charge in [-0.15, -0.1) is 0 Å². The molecule has 0 spiro atoms. The van der Waals surface area contributed by atoms with Crippen LogP contribution < -0.4 is 15.5 Å². The van der Waals surface area contributed by atoms with Gasteiger partial charge in [-0.3, -0.25) is 9.59 Å². The van der Waals surface area contributed by atoms with Gasteiger partial charge in [0.15, 0.2) is 0 Å². The average Bonchev–Trinajstić information content (AvgIpc) is 2.69. The molecule has 0 saturated carbocycles. The van der Waals surface area contributed by atoms with E-state index in [2.05, 4.69) is 10.2 Å². The molecule has 2 amide bonds. The van der Waals surface area contributed by atoms with Crippen LogP contribution >= 0.6 is 0 Å². The van der Waals surface area contributed by atoms with Gasteiger partial charge in [-0.2, -0.15) is 13.2 Å². The molecule has 2 N–H and O–H groups in total. The Labute approximate surface area is 160 Å². The molecular weight excluding hydrogens is 371 g/mol. The van der Waals surface area contributed by atoms with Crippen LogP contribution in [-0.2, 0) is 15.8 Å². The molecular formula is C20H20F3N3O2. The van der Waals surface area contributed by atoms with Crippen molar-refractivity contribution in [1.29, 1.82) is 0 Å². The second kappa shape index (κ2) is 8.33.